The maximum atomic E-state index is 11.6. The van der Waals surface area contributed by atoms with Crippen molar-refractivity contribution in [1.29, 1.82) is 0 Å². The van der Waals surface area contributed by atoms with Crippen molar-refractivity contribution in [3.8, 4) is 5.88 Å². The van der Waals surface area contributed by atoms with Crippen LogP contribution in [0, 0.1) is 0 Å². The van der Waals surface area contributed by atoms with Gasteiger partial charge in [-0.15, -0.1) is 12.4 Å². The van der Waals surface area contributed by atoms with Gasteiger partial charge in [0.25, 0.3) is 0 Å². The standard InChI is InChI=1S/C11H17N3O2.ClH/c1-12-9-5-8(6-10(15)14(2)3)11(16-4)13-7-9;/h5,7,12H,6H2,1-4H3;1H. The highest BCUT2D eigenvalue weighted by Crippen LogP contribution is 2.19. The SMILES string of the molecule is CNc1cnc(OC)c(CC(=O)N(C)C)c1.Cl. The normalized spacial score (nSPS) is 9.18. The van der Waals surface area contributed by atoms with Crippen LogP contribution in [-0.2, 0) is 11.2 Å². The van der Waals surface area contributed by atoms with Crippen molar-refractivity contribution in [2.75, 3.05) is 33.6 Å². The molecule has 1 aromatic heterocycles. The molecule has 0 fully saturated rings. The summed E-state index contributed by atoms with van der Waals surface area (Å²) in [4.78, 5) is 17.3. The van der Waals surface area contributed by atoms with E-state index in [9.17, 15) is 4.79 Å². The molecule has 0 aliphatic rings. The third-order valence-corrected chi connectivity index (χ3v) is 2.25. The molecule has 17 heavy (non-hydrogen) atoms. The molecule has 1 heterocycles. The molecule has 0 bridgehead atoms. The lowest BCUT2D eigenvalue weighted by Crippen LogP contribution is -2.23. The average Bonchev–Trinajstić information content (AvgIpc) is 2.28. The molecular weight excluding hydrogens is 242 g/mol. The van der Waals surface area contributed by atoms with E-state index in [1.165, 1.54) is 0 Å². The molecule has 0 saturated carbocycles. The fourth-order valence-electron chi connectivity index (χ4n) is 1.27. The van der Waals surface area contributed by atoms with E-state index >= 15 is 0 Å². The molecule has 0 radical (unpaired) electrons. The minimum Gasteiger partial charge on any atom is -0.481 e. The van der Waals surface area contributed by atoms with E-state index < -0.39 is 0 Å². The lowest BCUT2D eigenvalue weighted by Gasteiger charge is -2.12. The van der Waals surface area contributed by atoms with Gasteiger partial charge in [0.15, 0.2) is 0 Å². The van der Waals surface area contributed by atoms with Gasteiger partial charge in [0.05, 0.1) is 25.4 Å². The van der Waals surface area contributed by atoms with Crippen LogP contribution in [0.4, 0.5) is 5.69 Å². The van der Waals surface area contributed by atoms with Crippen molar-refractivity contribution in [2.24, 2.45) is 0 Å². The van der Waals surface area contributed by atoms with Gasteiger partial charge in [-0.3, -0.25) is 4.79 Å². The highest BCUT2D eigenvalue weighted by molar-refractivity contribution is 5.85. The number of nitrogens with zero attached hydrogens (tertiary/aromatic N) is 2. The molecule has 0 spiro atoms. The first-order valence-corrected chi connectivity index (χ1v) is 4.99. The van der Waals surface area contributed by atoms with E-state index in [2.05, 4.69) is 10.3 Å². The molecular formula is C11H18ClN3O2. The van der Waals surface area contributed by atoms with Crippen molar-refractivity contribution in [2.45, 2.75) is 6.42 Å². The number of aromatic nitrogens is 1. The van der Waals surface area contributed by atoms with Gasteiger partial charge in [-0.25, -0.2) is 4.98 Å². The van der Waals surface area contributed by atoms with Crippen LogP contribution < -0.4 is 10.1 Å². The van der Waals surface area contributed by atoms with E-state index in [1.807, 2.05) is 6.07 Å². The molecule has 96 valence electrons. The Morgan fingerprint density at radius 3 is 2.65 bits per heavy atom. The minimum atomic E-state index is 0. The second-order valence-corrected chi connectivity index (χ2v) is 3.61. The Bertz CT molecular complexity index is 383. The van der Waals surface area contributed by atoms with Crippen LogP contribution in [0.1, 0.15) is 5.56 Å². The van der Waals surface area contributed by atoms with Crippen molar-refractivity contribution < 1.29 is 9.53 Å². The quantitative estimate of drug-likeness (QED) is 0.882. The second-order valence-electron chi connectivity index (χ2n) is 3.61. The van der Waals surface area contributed by atoms with Crippen LogP contribution >= 0.6 is 12.4 Å². The summed E-state index contributed by atoms with van der Waals surface area (Å²) in [6, 6.07) is 1.87. The van der Waals surface area contributed by atoms with Gasteiger partial charge < -0.3 is 15.0 Å². The van der Waals surface area contributed by atoms with Crippen LogP contribution in [0.15, 0.2) is 12.3 Å². The number of hydrogen-bond donors (Lipinski definition) is 1. The summed E-state index contributed by atoms with van der Waals surface area (Å²) in [5.74, 6) is 0.516. The third-order valence-electron chi connectivity index (χ3n) is 2.25. The Hall–Kier alpha value is -1.49. The van der Waals surface area contributed by atoms with Gasteiger partial charge in [0, 0.05) is 26.7 Å². The maximum absolute atomic E-state index is 11.6. The number of carbonyl (C=O) groups is 1. The number of amides is 1. The Kier molecular flexibility index (Phi) is 6.35. The number of rotatable bonds is 4. The maximum Gasteiger partial charge on any atom is 0.226 e. The first kappa shape index (κ1) is 15.5. The predicted octanol–water partition coefficient (Wildman–Crippen LogP) is 1.18. The monoisotopic (exact) mass is 259 g/mol. The number of carbonyl (C=O) groups excluding carboxylic acids is 1. The zero-order chi connectivity index (χ0) is 12.1. The van der Waals surface area contributed by atoms with Crippen LogP contribution in [0.3, 0.4) is 0 Å². The van der Waals surface area contributed by atoms with E-state index in [0.29, 0.717) is 12.3 Å². The zero-order valence-corrected chi connectivity index (χ0v) is 11.3. The summed E-state index contributed by atoms with van der Waals surface area (Å²) in [5, 5.41) is 2.98. The number of halogens is 1. The number of hydrogen-bond acceptors (Lipinski definition) is 4. The fourth-order valence-corrected chi connectivity index (χ4v) is 1.27. The summed E-state index contributed by atoms with van der Waals surface area (Å²) in [6.45, 7) is 0. The predicted molar refractivity (Wildman–Crippen MR) is 70.0 cm³/mol. The Labute approximate surface area is 108 Å². The Morgan fingerprint density at radius 2 is 2.18 bits per heavy atom. The summed E-state index contributed by atoms with van der Waals surface area (Å²) in [5.41, 5.74) is 1.65. The molecule has 0 saturated heterocycles. The third kappa shape index (κ3) is 4.11. The second kappa shape index (κ2) is 6.96. The summed E-state index contributed by atoms with van der Waals surface area (Å²) in [7, 11) is 6.81. The smallest absolute Gasteiger partial charge is 0.226 e. The molecule has 1 rings (SSSR count). The highest BCUT2D eigenvalue weighted by Gasteiger charge is 2.12. The molecule has 0 atom stereocenters. The summed E-state index contributed by atoms with van der Waals surface area (Å²) in [6.07, 6.45) is 1.96. The molecule has 0 unspecified atom stereocenters. The van der Waals surface area contributed by atoms with E-state index in [0.717, 1.165) is 11.3 Å². The molecule has 0 aliphatic carbocycles. The highest BCUT2D eigenvalue weighted by atomic mass is 35.5. The zero-order valence-electron chi connectivity index (χ0n) is 10.5. The molecule has 1 amide bonds. The van der Waals surface area contributed by atoms with Crippen LogP contribution in [0.5, 0.6) is 5.88 Å². The summed E-state index contributed by atoms with van der Waals surface area (Å²) < 4.78 is 5.12. The largest absolute Gasteiger partial charge is 0.481 e. The van der Waals surface area contributed by atoms with Crippen molar-refractivity contribution in [3.05, 3.63) is 17.8 Å². The number of methoxy groups -OCH3 is 1. The Morgan fingerprint density at radius 1 is 1.53 bits per heavy atom. The van der Waals surface area contributed by atoms with Crippen LogP contribution in [0.2, 0.25) is 0 Å². The Balaban J connectivity index is 0.00000256. The number of anilines is 1. The van der Waals surface area contributed by atoms with E-state index in [-0.39, 0.29) is 18.3 Å². The van der Waals surface area contributed by atoms with E-state index in [4.69, 9.17) is 4.74 Å². The molecule has 0 aliphatic heterocycles. The lowest BCUT2D eigenvalue weighted by atomic mass is 10.1. The minimum absolute atomic E-state index is 0. The number of nitrogens with one attached hydrogen (secondary N) is 1. The van der Waals surface area contributed by atoms with Crippen molar-refractivity contribution in [1.82, 2.24) is 9.88 Å². The lowest BCUT2D eigenvalue weighted by molar-refractivity contribution is -0.127. The van der Waals surface area contributed by atoms with E-state index in [1.54, 1.807) is 39.3 Å². The molecule has 6 heteroatoms. The van der Waals surface area contributed by atoms with Crippen molar-refractivity contribution >= 4 is 24.0 Å². The van der Waals surface area contributed by atoms with Gasteiger partial charge in [0.1, 0.15) is 0 Å². The number of pyridine rings is 1. The topological polar surface area (TPSA) is 54.5 Å². The molecule has 5 nitrogen and oxygen atoms in total. The number of likely N-dealkylation sites (N-methyl/N-ethyl adjacent to an activating group) is 1. The van der Waals surface area contributed by atoms with Gasteiger partial charge in [-0.05, 0) is 6.07 Å². The van der Waals surface area contributed by atoms with Crippen LogP contribution in [-0.4, -0.2) is 44.0 Å². The summed E-state index contributed by atoms with van der Waals surface area (Å²) >= 11 is 0. The molecule has 0 aromatic carbocycles. The first-order chi connectivity index (χ1) is 7.58. The molecule has 1 N–H and O–H groups in total. The van der Waals surface area contributed by atoms with Gasteiger partial charge >= 0.3 is 0 Å². The van der Waals surface area contributed by atoms with Crippen molar-refractivity contribution in [3.63, 3.8) is 0 Å². The molecule has 1 aromatic rings. The fraction of sp³-hybridized carbons (Fsp3) is 0.455. The average molecular weight is 260 g/mol. The van der Waals surface area contributed by atoms with Gasteiger partial charge in [0.2, 0.25) is 11.8 Å². The van der Waals surface area contributed by atoms with Crippen LogP contribution in [0.25, 0.3) is 0 Å². The first-order valence-electron chi connectivity index (χ1n) is 4.99. The van der Waals surface area contributed by atoms with Gasteiger partial charge in [-0.1, -0.05) is 0 Å². The van der Waals surface area contributed by atoms with Gasteiger partial charge in [-0.2, -0.15) is 0 Å². The number of ether oxygens (including phenoxy) is 1.